The Morgan fingerprint density at radius 1 is 1.48 bits per heavy atom. The Morgan fingerprint density at radius 3 is 3.00 bits per heavy atom. The SMILES string of the molecule is COc1ncc(CN2CCN(C)C(c3nc(C)no3)C2)s1. The van der Waals surface area contributed by atoms with E-state index in [9.17, 15) is 0 Å². The molecule has 0 amide bonds. The highest BCUT2D eigenvalue weighted by atomic mass is 32.1. The second kappa shape index (κ2) is 6.08. The number of hydrogen-bond acceptors (Lipinski definition) is 8. The largest absolute Gasteiger partial charge is 0.473 e. The quantitative estimate of drug-likeness (QED) is 0.844. The summed E-state index contributed by atoms with van der Waals surface area (Å²) in [6, 6.07) is 0.148. The van der Waals surface area contributed by atoms with E-state index in [1.807, 2.05) is 13.1 Å². The number of piperazine rings is 1. The molecule has 2 aromatic heterocycles. The standard InChI is InChI=1S/C13H19N5O2S/c1-9-15-12(20-16-9)11-8-18(5-4-17(11)2)7-10-6-14-13(19-3)21-10/h6,11H,4-5,7-8H2,1-3H3. The summed E-state index contributed by atoms with van der Waals surface area (Å²) in [6.45, 7) is 5.58. The van der Waals surface area contributed by atoms with E-state index in [1.165, 1.54) is 4.88 Å². The molecule has 1 unspecified atom stereocenters. The summed E-state index contributed by atoms with van der Waals surface area (Å²) in [5.41, 5.74) is 0. The van der Waals surface area contributed by atoms with Crippen LogP contribution in [-0.2, 0) is 6.54 Å². The molecule has 0 saturated carbocycles. The Labute approximate surface area is 127 Å². The van der Waals surface area contributed by atoms with Gasteiger partial charge in [0.25, 0.3) is 5.19 Å². The van der Waals surface area contributed by atoms with Crippen LogP contribution in [0.15, 0.2) is 10.7 Å². The van der Waals surface area contributed by atoms with Crippen LogP contribution in [0, 0.1) is 6.92 Å². The average molecular weight is 309 g/mol. The molecule has 1 atom stereocenters. The van der Waals surface area contributed by atoms with Crippen LogP contribution in [0.4, 0.5) is 0 Å². The molecule has 0 aliphatic carbocycles. The Kier molecular flexibility index (Phi) is 4.18. The zero-order chi connectivity index (χ0) is 14.8. The summed E-state index contributed by atoms with van der Waals surface area (Å²) in [5, 5.41) is 4.61. The third-order valence-electron chi connectivity index (χ3n) is 3.65. The van der Waals surface area contributed by atoms with Crippen molar-refractivity contribution in [3.63, 3.8) is 0 Å². The van der Waals surface area contributed by atoms with Crippen molar-refractivity contribution in [2.24, 2.45) is 0 Å². The van der Waals surface area contributed by atoms with Crippen molar-refractivity contribution >= 4 is 11.3 Å². The number of methoxy groups -OCH3 is 1. The van der Waals surface area contributed by atoms with E-state index in [0.717, 1.165) is 26.2 Å². The molecule has 1 fully saturated rings. The van der Waals surface area contributed by atoms with Crippen LogP contribution in [0.3, 0.4) is 0 Å². The van der Waals surface area contributed by atoms with E-state index in [2.05, 4.69) is 32.0 Å². The highest BCUT2D eigenvalue weighted by Gasteiger charge is 2.30. The average Bonchev–Trinajstić information content (AvgIpc) is 3.10. The molecule has 114 valence electrons. The van der Waals surface area contributed by atoms with E-state index in [4.69, 9.17) is 9.26 Å². The second-order valence-corrected chi connectivity index (χ2v) is 6.29. The molecule has 0 radical (unpaired) electrons. The van der Waals surface area contributed by atoms with Gasteiger partial charge in [0.05, 0.1) is 7.11 Å². The monoisotopic (exact) mass is 309 g/mol. The molecule has 7 nitrogen and oxygen atoms in total. The first-order valence-corrected chi connectivity index (χ1v) is 7.69. The van der Waals surface area contributed by atoms with Crippen molar-refractivity contribution in [3.05, 3.63) is 22.8 Å². The van der Waals surface area contributed by atoms with Gasteiger partial charge < -0.3 is 9.26 Å². The molecule has 1 aliphatic heterocycles. The van der Waals surface area contributed by atoms with Gasteiger partial charge in [0, 0.05) is 37.3 Å². The first kappa shape index (κ1) is 14.4. The number of aryl methyl sites for hydroxylation is 1. The van der Waals surface area contributed by atoms with Crippen LogP contribution < -0.4 is 4.74 Å². The van der Waals surface area contributed by atoms with Gasteiger partial charge in [-0.1, -0.05) is 16.5 Å². The van der Waals surface area contributed by atoms with Crippen LogP contribution >= 0.6 is 11.3 Å². The van der Waals surface area contributed by atoms with Gasteiger partial charge in [-0.15, -0.1) is 0 Å². The molecule has 3 heterocycles. The number of likely N-dealkylation sites (N-methyl/N-ethyl adjacent to an activating group) is 1. The molecule has 0 bridgehead atoms. The normalized spacial score (nSPS) is 20.8. The zero-order valence-corrected chi connectivity index (χ0v) is 13.3. The van der Waals surface area contributed by atoms with E-state index in [-0.39, 0.29) is 6.04 Å². The molecule has 0 aromatic carbocycles. The summed E-state index contributed by atoms with van der Waals surface area (Å²) in [6.07, 6.45) is 1.88. The minimum Gasteiger partial charge on any atom is -0.473 e. The number of aromatic nitrogens is 3. The van der Waals surface area contributed by atoms with Gasteiger partial charge in [-0.2, -0.15) is 4.98 Å². The lowest BCUT2D eigenvalue weighted by Crippen LogP contribution is -2.46. The lowest BCUT2D eigenvalue weighted by Gasteiger charge is -2.37. The molecule has 1 saturated heterocycles. The third kappa shape index (κ3) is 3.22. The lowest BCUT2D eigenvalue weighted by molar-refractivity contribution is 0.0720. The van der Waals surface area contributed by atoms with Crippen molar-refractivity contribution in [3.8, 4) is 5.19 Å². The number of nitrogens with zero attached hydrogens (tertiary/aromatic N) is 5. The van der Waals surface area contributed by atoms with Crippen LogP contribution in [0.1, 0.15) is 22.6 Å². The van der Waals surface area contributed by atoms with Crippen LogP contribution in [0.25, 0.3) is 0 Å². The predicted octanol–water partition coefficient (Wildman–Crippen LogP) is 1.33. The fourth-order valence-corrected chi connectivity index (χ4v) is 3.23. The fraction of sp³-hybridized carbons (Fsp3) is 0.615. The van der Waals surface area contributed by atoms with Crippen LogP contribution in [-0.4, -0.2) is 58.7 Å². The molecule has 1 aliphatic rings. The van der Waals surface area contributed by atoms with Crippen LogP contribution in [0.5, 0.6) is 5.19 Å². The second-order valence-electron chi connectivity index (χ2n) is 5.21. The van der Waals surface area contributed by atoms with Gasteiger partial charge in [0.15, 0.2) is 5.82 Å². The highest BCUT2D eigenvalue weighted by molar-refractivity contribution is 7.13. The zero-order valence-electron chi connectivity index (χ0n) is 12.4. The molecule has 0 N–H and O–H groups in total. The number of thiazole rings is 1. The minimum atomic E-state index is 0.148. The first-order chi connectivity index (χ1) is 10.2. The molecule has 8 heteroatoms. The van der Waals surface area contributed by atoms with Gasteiger partial charge in [-0.05, 0) is 14.0 Å². The summed E-state index contributed by atoms with van der Waals surface area (Å²) >= 11 is 1.59. The highest BCUT2D eigenvalue weighted by Crippen LogP contribution is 2.26. The smallest absolute Gasteiger partial charge is 0.273 e. The van der Waals surface area contributed by atoms with Crippen molar-refractivity contribution in [1.29, 1.82) is 0 Å². The molecule has 0 spiro atoms. The Balaban J connectivity index is 1.67. The summed E-state index contributed by atoms with van der Waals surface area (Å²) in [5.74, 6) is 1.38. The number of rotatable bonds is 4. The minimum absolute atomic E-state index is 0.148. The maximum absolute atomic E-state index is 5.34. The van der Waals surface area contributed by atoms with E-state index >= 15 is 0 Å². The van der Waals surface area contributed by atoms with Crippen molar-refractivity contribution < 1.29 is 9.26 Å². The third-order valence-corrected chi connectivity index (χ3v) is 4.59. The van der Waals surface area contributed by atoms with Gasteiger partial charge in [-0.3, -0.25) is 9.80 Å². The fourth-order valence-electron chi connectivity index (χ4n) is 2.47. The number of hydrogen-bond donors (Lipinski definition) is 0. The van der Waals surface area contributed by atoms with E-state index < -0.39 is 0 Å². The van der Waals surface area contributed by atoms with Crippen molar-refractivity contribution in [2.75, 3.05) is 33.8 Å². The Hall–Kier alpha value is -1.51. The van der Waals surface area contributed by atoms with Crippen molar-refractivity contribution in [2.45, 2.75) is 19.5 Å². The Morgan fingerprint density at radius 2 is 2.33 bits per heavy atom. The lowest BCUT2D eigenvalue weighted by atomic mass is 10.1. The molecule has 2 aromatic rings. The van der Waals surface area contributed by atoms with Gasteiger partial charge >= 0.3 is 0 Å². The van der Waals surface area contributed by atoms with Gasteiger partial charge in [-0.25, -0.2) is 4.98 Å². The first-order valence-electron chi connectivity index (χ1n) is 6.87. The molecular formula is C13H19N5O2S. The number of ether oxygens (including phenoxy) is 1. The maximum atomic E-state index is 5.34. The van der Waals surface area contributed by atoms with E-state index in [0.29, 0.717) is 16.9 Å². The maximum Gasteiger partial charge on any atom is 0.273 e. The molecule has 3 rings (SSSR count). The molecular weight excluding hydrogens is 290 g/mol. The predicted molar refractivity (Wildman–Crippen MR) is 78.3 cm³/mol. The van der Waals surface area contributed by atoms with Gasteiger partial charge in [0.2, 0.25) is 5.89 Å². The van der Waals surface area contributed by atoms with Gasteiger partial charge in [0.1, 0.15) is 6.04 Å². The summed E-state index contributed by atoms with van der Waals surface area (Å²) in [7, 11) is 3.74. The van der Waals surface area contributed by atoms with E-state index in [1.54, 1.807) is 18.4 Å². The summed E-state index contributed by atoms with van der Waals surface area (Å²) < 4.78 is 10.5. The summed E-state index contributed by atoms with van der Waals surface area (Å²) in [4.78, 5) is 14.4. The topological polar surface area (TPSA) is 67.5 Å². The van der Waals surface area contributed by atoms with Crippen molar-refractivity contribution in [1.82, 2.24) is 24.9 Å². The molecule has 21 heavy (non-hydrogen) atoms. The van der Waals surface area contributed by atoms with Crippen LogP contribution in [0.2, 0.25) is 0 Å². The Bertz CT molecular complexity index is 599.